The zero-order valence-corrected chi connectivity index (χ0v) is 11.1. The zero-order valence-electron chi connectivity index (χ0n) is 10.3. The highest BCUT2D eigenvalue weighted by molar-refractivity contribution is 8.00. The van der Waals surface area contributed by atoms with Crippen molar-refractivity contribution >= 4 is 23.8 Å². The Balaban J connectivity index is 2.21. The molecule has 0 saturated heterocycles. The minimum atomic E-state index is -0.830. The van der Waals surface area contributed by atoms with Gasteiger partial charge in [0.1, 0.15) is 5.25 Å². The Labute approximate surface area is 116 Å². The summed E-state index contributed by atoms with van der Waals surface area (Å²) in [6, 6.07) is 17.0. The van der Waals surface area contributed by atoms with E-state index in [1.54, 1.807) is 6.08 Å². The maximum atomic E-state index is 11.4. The zero-order chi connectivity index (χ0) is 13.7. The van der Waals surface area contributed by atoms with Crippen LogP contribution >= 0.6 is 11.8 Å². The maximum Gasteiger partial charge on any atom is 0.321 e. The van der Waals surface area contributed by atoms with Crippen molar-refractivity contribution in [3.63, 3.8) is 0 Å². The number of hydrogen-bond donors (Lipinski definition) is 1. The molecule has 0 saturated carbocycles. The van der Waals surface area contributed by atoms with Crippen molar-refractivity contribution in [3.05, 3.63) is 72.3 Å². The van der Waals surface area contributed by atoms with Gasteiger partial charge in [-0.25, -0.2) is 0 Å². The van der Waals surface area contributed by atoms with E-state index in [2.05, 4.69) is 6.58 Å². The molecule has 0 spiro atoms. The summed E-state index contributed by atoms with van der Waals surface area (Å²) in [6.07, 6.45) is 1.76. The number of carboxylic acid groups (broad SMARTS) is 1. The van der Waals surface area contributed by atoms with Gasteiger partial charge in [0.25, 0.3) is 0 Å². The lowest BCUT2D eigenvalue weighted by Gasteiger charge is -2.12. The average molecular weight is 270 g/mol. The molecule has 0 amide bonds. The highest BCUT2D eigenvalue weighted by Crippen LogP contribution is 2.35. The van der Waals surface area contributed by atoms with Crippen LogP contribution in [0.25, 0.3) is 6.08 Å². The summed E-state index contributed by atoms with van der Waals surface area (Å²) in [6.45, 7) is 3.70. The molecule has 0 heterocycles. The summed E-state index contributed by atoms with van der Waals surface area (Å²) in [7, 11) is 0. The van der Waals surface area contributed by atoms with Crippen LogP contribution in [0.5, 0.6) is 0 Å². The van der Waals surface area contributed by atoms with E-state index in [0.29, 0.717) is 0 Å². The van der Waals surface area contributed by atoms with Crippen LogP contribution in [0.1, 0.15) is 16.4 Å². The van der Waals surface area contributed by atoms with Gasteiger partial charge < -0.3 is 5.11 Å². The molecule has 0 aliphatic heterocycles. The molecule has 1 atom stereocenters. The van der Waals surface area contributed by atoms with E-state index in [1.165, 1.54) is 11.8 Å². The third-order valence-electron chi connectivity index (χ3n) is 2.70. The molecule has 1 N–H and O–H groups in total. The lowest BCUT2D eigenvalue weighted by atomic mass is 10.1. The lowest BCUT2D eigenvalue weighted by molar-refractivity contribution is -0.136. The summed E-state index contributed by atoms with van der Waals surface area (Å²) in [5.41, 5.74) is 1.82. The number of benzene rings is 2. The molecule has 2 aromatic carbocycles. The van der Waals surface area contributed by atoms with E-state index in [9.17, 15) is 9.90 Å². The molecule has 0 bridgehead atoms. The van der Waals surface area contributed by atoms with Crippen molar-refractivity contribution in [1.29, 1.82) is 0 Å². The molecule has 2 nitrogen and oxygen atoms in total. The summed E-state index contributed by atoms with van der Waals surface area (Å²) in [4.78, 5) is 12.3. The van der Waals surface area contributed by atoms with Crippen LogP contribution in [0, 0.1) is 0 Å². The van der Waals surface area contributed by atoms with Crippen molar-refractivity contribution in [2.24, 2.45) is 0 Å². The van der Waals surface area contributed by atoms with Gasteiger partial charge in [0.2, 0.25) is 0 Å². The van der Waals surface area contributed by atoms with Gasteiger partial charge in [-0.15, -0.1) is 11.8 Å². The van der Waals surface area contributed by atoms with Crippen LogP contribution < -0.4 is 0 Å². The molecule has 1 unspecified atom stereocenters. The molecule has 2 aromatic rings. The monoisotopic (exact) mass is 270 g/mol. The van der Waals surface area contributed by atoms with Gasteiger partial charge in [-0.1, -0.05) is 55.1 Å². The van der Waals surface area contributed by atoms with Crippen LogP contribution in [0.15, 0.2) is 66.1 Å². The van der Waals surface area contributed by atoms with Crippen molar-refractivity contribution in [2.45, 2.75) is 10.1 Å². The Morgan fingerprint density at radius 3 is 2.26 bits per heavy atom. The topological polar surface area (TPSA) is 37.3 Å². The summed E-state index contributed by atoms with van der Waals surface area (Å²) in [5.74, 6) is -0.830. The van der Waals surface area contributed by atoms with E-state index < -0.39 is 11.2 Å². The third-order valence-corrected chi connectivity index (χ3v) is 3.95. The molecular formula is C16H14O2S. The molecule has 0 aliphatic carbocycles. The Hall–Kier alpha value is -2.00. The molecule has 96 valence electrons. The second-order valence-corrected chi connectivity index (χ2v) is 5.20. The first-order valence-corrected chi connectivity index (χ1v) is 6.75. The smallest absolute Gasteiger partial charge is 0.321 e. The summed E-state index contributed by atoms with van der Waals surface area (Å²) in [5, 5.41) is 8.76. The Kier molecular flexibility index (Phi) is 4.42. The number of thioether (sulfide) groups is 1. The normalized spacial score (nSPS) is 11.8. The largest absolute Gasteiger partial charge is 0.480 e. The van der Waals surface area contributed by atoms with Crippen LogP contribution in [-0.2, 0) is 4.79 Å². The highest BCUT2D eigenvalue weighted by atomic mass is 32.2. The fraction of sp³-hybridized carbons (Fsp3) is 0.0625. The Morgan fingerprint density at radius 1 is 1.11 bits per heavy atom. The SMILES string of the molecule is C=Cc1ccc(SC(C(=O)O)c2ccccc2)cc1. The molecule has 0 aromatic heterocycles. The number of carboxylic acids is 1. The lowest BCUT2D eigenvalue weighted by Crippen LogP contribution is -2.07. The van der Waals surface area contributed by atoms with Crippen LogP contribution in [0.3, 0.4) is 0 Å². The quantitative estimate of drug-likeness (QED) is 0.825. The summed E-state index contributed by atoms with van der Waals surface area (Å²) < 4.78 is 0. The molecule has 0 radical (unpaired) electrons. The number of carbonyl (C=O) groups is 1. The first-order valence-electron chi connectivity index (χ1n) is 5.87. The Bertz CT molecular complexity index is 561. The van der Waals surface area contributed by atoms with Gasteiger partial charge in [-0.3, -0.25) is 4.79 Å². The fourth-order valence-corrected chi connectivity index (χ4v) is 2.67. The fourth-order valence-electron chi connectivity index (χ4n) is 1.71. The second kappa shape index (κ2) is 6.25. The van der Waals surface area contributed by atoms with Gasteiger partial charge in [0, 0.05) is 4.90 Å². The molecule has 2 rings (SSSR count). The van der Waals surface area contributed by atoms with Gasteiger partial charge in [-0.05, 0) is 23.3 Å². The minimum Gasteiger partial charge on any atom is -0.480 e. The predicted molar refractivity (Wildman–Crippen MR) is 79.2 cm³/mol. The van der Waals surface area contributed by atoms with E-state index in [4.69, 9.17) is 0 Å². The molecule has 19 heavy (non-hydrogen) atoms. The molecule has 0 fully saturated rings. The van der Waals surface area contributed by atoms with Gasteiger partial charge in [-0.2, -0.15) is 0 Å². The van der Waals surface area contributed by atoms with Crippen LogP contribution in [-0.4, -0.2) is 11.1 Å². The average Bonchev–Trinajstić information content (AvgIpc) is 2.46. The maximum absolute atomic E-state index is 11.4. The summed E-state index contributed by atoms with van der Waals surface area (Å²) >= 11 is 1.34. The second-order valence-electron chi connectivity index (χ2n) is 4.02. The van der Waals surface area contributed by atoms with Crippen molar-refractivity contribution in [1.82, 2.24) is 0 Å². The van der Waals surface area contributed by atoms with E-state index in [0.717, 1.165) is 16.0 Å². The number of hydrogen-bond acceptors (Lipinski definition) is 2. The first kappa shape index (κ1) is 13.4. The number of aliphatic carboxylic acids is 1. The van der Waals surface area contributed by atoms with Gasteiger partial charge >= 0.3 is 5.97 Å². The van der Waals surface area contributed by atoms with Crippen LogP contribution in [0.4, 0.5) is 0 Å². The van der Waals surface area contributed by atoms with Crippen molar-refractivity contribution in [2.75, 3.05) is 0 Å². The van der Waals surface area contributed by atoms with Crippen LogP contribution in [0.2, 0.25) is 0 Å². The molecule has 0 aliphatic rings. The minimum absolute atomic E-state index is 0.587. The van der Waals surface area contributed by atoms with E-state index in [-0.39, 0.29) is 0 Å². The van der Waals surface area contributed by atoms with Gasteiger partial charge in [0.15, 0.2) is 0 Å². The molecule has 3 heteroatoms. The standard InChI is InChI=1S/C16H14O2S/c1-2-12-8-10-14(11-9-12)19-15(16(17)18)13-6-4-3-5-7-13/h2-11,15H,1H2,(H,17,18). The van der Waals surface area contributed by atoms with Gasteiger partial charge in [0.05, 0.1) is 0 Å². The van der Waals surface area contributed by atoms with Crippen molar-refractivity contribution in [3.8, 4) is 0 Å². The van der Waals surface area contributed by atoms with E-state index in [1.807, 2.05) is 54.6 Å². The van der Waals surface area contributed by atoms with Crippen molar-refractivity contribution < 1.29 is 9.90 Å². The first-order chi connectivity index (χ1) is 9.20. The van der Waals surface area contributed by atoms with E-state index >= 15 is 0 Å². The molecular weight excluding hydrogens is 256 g/mol. The third kappa shape index (κ3) is 3.48. The Morgan fingerprint density at radius 2 is 1.74 bits per heavy atom. The predicted octanol–water partition coefficient (Wildman–Crippen LogP) is 4.25. The number of rotatable bonds is 5. The highest BCUT2D eigenvalue weighted by Gasteiger charge is 2.20.